The highest BCUT2D eigenvalue weighted by molar-refractivity contribution is 5.40. The number of fused-ring (bicyclic) bond motifs is 1. The molecular formula is C13H17F2NO. The standard InChI is InChI=1S/C13H17F2NO/c1-13(2)6-5-8-7-9(11(16)12(14)15)3-4-10(8)17-13/h3-4,7,11-12H,5-6,16H2,1-2H3. The zero-order valence-corrected chi connectivity index (χ0v) is 10.0. The van der Waals surface area contributed by atoms with Crippen molar-refractivity contribution in [1.82, 2.24) is 0 Å². The predicted molar refractivity (Wildman–Crippen MR) is 62.4 cm³/mol. The van der Waals surface area contributed by atoms with E-state index >= 15 is 0 Å². The normalized spacial score (nSPS) is 19.6. The number of halogens is 2. The van der Waals surface area contributed by atoms with E-state index < -0.39 is 12.5 Å². The summed E-state index contributed by atoms with van der Waals surface area (Å²) in [6.45, 7) is 4.05. The van der Waals surface area contributed by atoms with Crippen LogP contribution < -0.4 is 10.5 Å². The Morgan fingerprint density at radius 3 is 2.71 bits per heavy atom. The summed E-state index contributed by atoms with van der Waals surface area (Å²) in [4.78, 5) is 0. The van der Waals surface area contributed by atoms with Crippen molar-refractivity contribution in [3.63, 3.8) is 0 Å². The van der Waals surface area contributed by atoms with Crippen LogP contribution in [0.25, 0.3) is 0 Å². The molecule has 0 radical (unpaired) electrons. The van der Waals surface area contributed by atoms with Crippen LogP contribution in [0.4, 0.5) is 8.78 Å². The minimum atomic E-state index is -2.53. The molecule has 1 atom stereocenters. The van der Waals surface area contributed by atoms with Crippen molar-refractivity contribution >= 4 is 0 Å². The number of ether oxygens (including phenoxy) is 1. The summed E-state index contributed by atoms with van der Waals surface area (Å²) >= 11 is 0. The van der Waals surface area contributed by atoms with Crippen molar-refractivity contribution in [2.24, 2.45) is 5.73 Å². The Bertz CT molecular complexity index is 418. The fourth-order valence-electron chi connectivity index (χ4n) is 2.03. The van der Waals surface area contributed by atoms with Gasteiger partial charge in [-0.15, -0.1) is 0 Å². The van der Waals surface area contributed by atoms with E-state index in [4.69, 9.17) is 10.5 Å². The average Bonchev–Trinajstić information content (AvgIpc) is 2.26. The molecule has 0 saturated carbocycles. The molecule has 1 heterocycles. The van der Waals surface area contributed by atoms with Crippen LogP contribution >= 0.6 is 0 Å². The van der Waals surface area contributed by atoms with Crippen molar-refractivity contribution < 1.29 is 13.5 Å². The lowest BCUT2D eigenvalue weighted by Gasteiger charge is -2.33. The van der Waals surface area contributed by atoms with E-state index in [2.05, 4.69) is 0 Å². The van der Waals surface area contributed by atoms with E-state index in [1.807, 2.05) is 13.8 Å². The molecule has 0 bridgehead atoms. The fraction of sp³-hybridized carbons (Fsp3) is 0.538. The lowest BCUT2D eigenvalue weighted by Crippen LogP contribution is -2.32. The molecule has 0 aliphatic carbocycles. The molecular weight excluding hydrogens is 224 g/mol. The van der Waals surface area contributed by atoms with Crippen molar-refractivity contribution in [3.8, 4) is 5.75 Å². The average molecular weight is 241 g/mol. The molecule has 1 aliphatic heterocycles. The Balaban J connectivity index is 2.27. The van der Waals surface area contributed by atoms with Gasteiger partial charge < -0.3 is 10.5 Å². The first-order valence-electron chi connectivity index (χ1n) is 5.75. The third-order valence-electron chi connectivity index (χ3n) is 3.12. The predicted octanol–water partition coefficient (Wildman–Crippen LogP) is 3.06. The molecule has 1 aromatic carbocycles. The van der Waals surface area contributed by atoms with E-state index in [1.54, 1.807) is 18.2 Å². The van der Waals surface area contributed by atoms with Gasteiger partial charge in [-0.05, 0) is 43.9 Å². The fourth-order valence-corrected chi connectivity index (χ4v) is 2.03. The van der Waals surface area contributed by atoms with E-state index in [9.17, 15) is 8.78 Å². The maximum atomic E-state index is 12.5. The van der Waals surface area contributed by atoms with Gasteiger partial charge in [0.05, 0.1) is 6.04 Å². The summed E-state index contributed by atoms with van der Waals surface area (Å²) in [7, 11) is 0. The van der Waals surface area contributed by atoms with Crippen molar-refractivity contribution in [2.45, 2.75) is 44.8 Å². The van der Waals surface area contributed by atoms with Gasteiger partial charge in [-0.25, -0.2) is 8.78 Å². The van der Waals surface area contributed by atoms with Crippen LogP contribution in [0.15, 0.2) is 18.2 Å². The van der Waals surface area contributed by atoms with Gasteiger partial charge >= 0.3 is 0 Å². The second-order valence-electron chi connectivity index (χ2n) is 5.09. The lowest BCUT2D eigenvalue weighted by atomic mass is 9.92. The minimum Gasteiger partial charge on any atom is -0.488 e. The highest BCUT2D eigenvalue weighted by atomic mass is 19.3. The molecule has 0 saturated heterocycles. The second-order valence-corrected chi connectivity index (χ2v) is 5.09. The van der Waals surface area contributed by atoms with Crippen LogP contribution in [0, 0.1) is 0 Å². The van der Waals surface area contributed by atoms with E-state index in [0.717, 1.165) is 24.2 Å². The number of hydrogen-bond acceptors (Lipinski definition) is 2. The van der Waals surface area contributed by atoms with E-state index in [-0.39, 0.29) is 5.60 Å². The van der Waals surface area contributed by atoms with Crippen LogP contribution in [0.3, 0.4) is 0 Å². The van der Waals surface area contributed by atoms with Crippen molar-refractivity contribution in [2.75, 3.05) is 0 Å². The van der Waals surface area contributed by atoms with Gasteiger partial charge in [0.1, 0.15) is 11.4 Å². The summed E-state index contributed by atoms with van der Waals surface area (Å²) in [6.07, 6.45) is -0.812. The second kappa shape index (κ2) is 4.26. The van der Waals surface area contributed by atoms with Crippen LogP contribution in [-0.4, -0.2) is 12.0 Å². The van der Waals surface area contributed by atoms with E-state index in [1.165, 1.54) is 0 Å². The first-order valence-corrected chi connectivity index (χ1v) is 5.75. The third-order valence-corrected chi connectivity index (χ3v) is 3.12. The van der Waals surface area contributed by atoms with Gasteiger partial charge in [-0.2, -0.15) is 0 Å². The Morgan fingerprint density at radius 2 is 2.06 bits per heavy atom. The van der Waals surface area contributed by atoms with Gasteiger partial charge in [-0.3, -0.25) is 0 Å². The Morgan fingerprint density at radius 1 is 1.35 bits per heavy atom. The Labute approximate surface area is 99.8 Å². The van der Waals surface area contributed by atoms with Crippen molar-refractivity contribution in [1.29, 1.82) is 0 Å². The van der Waals surface area contributed by atoms with Crippen LogP contribution in [0.1, 0.15) is 37.4 Å². The summed E-state index contributed by atoms with van der Waals surface area (Å²) in [6, 6.07) is 3.89. The van der Waals surface area contributed by atoms with Gasteiger partial charge in [0.15, 0.2) is 0 Å². The largest absolute Gasteiger partial charge is 0.488 e. The summed E-state index contributed by atoms with van der Waals surface area (Å²) in [5.74, 6) is 0.784. The monoisotopic (exact) mass is 241 g/mol. The number of aryl methyl sites for hydroxylation is 1. The number of hydrogen-bond donors (Lipinski definition) is 1. The van der Waals surface area contributed by atoms with Gasteiger partial charge in [-0.1, -0.05) is 12.1 Å². The summed E-state index contributed by atoms with van der Waals surface area (Å²) in [5.41, 5.74) is 6.70. The number of nitrogens with two attached hydrogens (primary N) is 1. The van der Waals surface area contributed by atoms with Gasteiger partial charge in [0.2, 0.25) is 0 Å². The molecule has 0 aromatic heterocycles. The SMILES string of the molecule is CC1(C)CCc2cc(C(N)C(F)F)ccc2O1. The van der Waals surface area contributed by atoms with Gasteiger partial charge in [0, 0.05) is 0 Å². The highest BCUT2D eigenvalue weighted by Gasteiger charge is 2.27. The number of benzene rings is 1. The number of rotatable bonds is 2. The van der Waals surface area contributed by atoms with Crippen LogP contribution in [-0.2, 0) is 6.42 Å². The molecule has 94 valence electrons. The van der Waals surface area contributed by atoms with Crippen LogP contribution in [0.2, 0.25) is 0 Å². The maximum absolute atomic E-state index is 12.5. The molecule has 2 nitrogen and oxygen atoms in total. The molecule has 0 fully saturated rings. The minimum absolute atomic E-state index is 0.181. The van der Waals surface area contributed by atoms with Crippen molar-refractivity contribution in [3.05, 3.63) is 29.3 Å². The molecule has 0 spiro atoms. The third kappa shape index (κ3) is 2.57. The van der Waals surface area contributed by atoms with Gasteiger partial charge in [0.25, 0.3) is 6.43 Å². The van der Waals surface area contributed by atoms with E-state index in [0.29, 0.717) is 5.56 Å². The Hall–Kier alpha value is -1.16. The zero-order valence-electron chi connectivity index (χ0n) is 10.0. The van der Waals surface area contributed by atoms with Crippen LogP contribution in [0.5, 0.6) is 5.75 Å². The molecule has 2 rings (SSSR count). The molecule has 4 heteroatoms. The highest BCUT2D eigenvalue weighted by Crippen LogP contribution is 2.34. The lowest BCUT2D eigenvalue weighted by molar-refractivity contribution is 0.0842. The molecule has 1 unspecified atom stereocenters. The summed E-state index contributed by atoms with van der Waals surface area (Å²) < 4.78 is 30.8. The topological polar surface area (TPSA) is 35.2 Å². The smallest absolute Gasteiger partial charge is 0.257 e. The quantitative estimate of drug-likeness (QED) is 0.863. The maximum Gasteiger partial charge on any atom is 0.257 e. The molecule has 1 aromatic rings. The molecule has 17 heavy (non-hydrogen) atoms. The first-order chi connectivity index (χ1) is 7.89. The summed E-state index contributed by atoms with van der Waals surface area (Å²) in [5, 5.41) is 0. The first kappa shape index (κ1) is 12.3. The molecule has 0 amide bonds. The Kier molecular flexibility index (Phi) is 3.08. The number of alkyl halides is 2. The zero-order chi connectivity index (χ0) is 12.6. The molecule has 1 aliphatic rings. The molecule has 2 N–H and O–H groups in total.